The van der Waals surface area contributed by atoms with E-state index in [9.17, 15) is 19.2 Å². The summed E-state index contributed by atoms with van der Waals surface area (Å²) in [7, 11) is 1.71. The van der Waals surface area contributed by atoms with Crippen molar-refractivity contribution in [3.8, 4) is 0 Å². The van der Waals surface area contributed by atoms with E-state index >= 15 is 0 Å². The normalized spacial score (nSPS) is 19.5. The van der Waals surface area contributed by atoms with Crippen LogP contribution in [0.3, 0.4) is 0 Å². The van der Waals surface area contributed by atoms with Crippen LogP contribution in [0.2, 0.25) is 0 Å². The van der Waals surface area contributed by atoms with Gasteiger partial charge in [-0.25, -0.2) is 4.79 Å². The number of nitrogens with one attached hydrogen (secondary N) is 3. The van der Waals surface area contributed by atoms with E-state index in [4.69, 9.17) is 14.2 Å². The summed E-state index contributed by atoms with van der Waals surface area (Å²) in [6.07, 6.45) is 9.79. The van der Waals surface area contributed by atoms with Crippen molar-refractivity contribution in [2.24, 2.45) is 0 Å². The number of unbranched alkanes of at least 4 members (excludes halogenated alkanes) is 4. The molecule has 2 aliphatic rings. The van der Waals surface area contributed by atoms with Crippen LogP contribution < -0.4 is 16.0 Å². The van der Waals surface area contributed by atoms with Crippen molar-refractivity contribution < 1.29 is 33.4 Å². The summed E-state index contributed by atoms with van der Waals surface area (Å²) in [4.78, 5) is 47.9. The summed E-state index contributed by atoms with van der Waals surface area (Å²) in [5.74, 6) is 1.06. The van der Waals surface area contributed by atoms with E-state index < -0.39 is 0 Å². The Morgan fingerprint density at radius 3 is 2.32 bits per heavy atom. The topological polar surface area (TPSA) is 135 Å². The Balaban J connectivity index is 1.30. The van der Waals surface area contributed by atoms with Crippen LogP contribution in [0.5, 0.6) is 0 Å². The molecule has 2 saturated heterocycles. The van der Waals surface area contributed by atoms with Crippen LogP contribution in [0.1, 0.15) is 70.6 Å². The smallest absolute Gasteiger partial charge is 0.315 e. The number of urea groups is 1. The Hall–Kier alpha value is -1.73. The first-order chi connectivity index (χ1) is 20.0. The van der Waals surface area contributed by atoms with Gasteiger partial charge in [-0.1, -0.05) is 12.8 Å². The molecule has 0 radical (unpaired) electrons. The number of rotatable bonds is 27. The molecule has 12 heteroatoms. The Morgan fingerprint density at radius 2 is 1.59 bits per heavy atom. The molecular formula is C29H52N4O7S. The van der Waals surface area contributed by atoms with Crippen molar-refractivity contribution in [2.75, 3.05) is 72.1 Å². The lowest BCUT2D eigenvalue weighted by Gasteiger charge is -2.18. The molecule has 0 saturated carbocycles. The number of amides is 3. The summed E-state index contributed by atoms with van der Waals surface area (Å²) in [5, 5.41) is 9.57. The molecule has 11 nitrogen and oxygen atoms in total. The minimum absolute atomic E-state index is 0.0180. The zero-order valence-electron chi connectivity index (χ0n) is 24.9. The van der Waals surface area contributed by atoms with E-state index in [0.29, 0.717) is 64.2 Å². The summed E-state index contributed by atoms with van der Waals surface area (Å²) < 4.78 is 16.6. The molecule has 2 heterocycles. The molecule has 0 spiro atoms. The number of aldehydes is 1. The second kappa shape index (κ2) is 22.8. The molecule has 2 rings (SSSR count). The average molecular weight is 601 g/mol. The number of carbonyl (C=O) groups is 4. The first-order valence-electron chi connectivity index (χ1n) is 15.3. The molecule has 3 atom stereocenters. The molecule has 41 heavy (non-hydrogen) atoms. The van der Waals surface area contributed by atoms with Crippen LogP contribution in [-0.4, -0.2) is 118 Å². The van der Waals surface area contributed by atoms with Crippen molar-refractivity contribution in [3.63, 3.8) is 0 Å². The highest BCUT2D eigenvalue weighted by Crippen LogP contribution is 2.33. The third-order valence-electron chi connectivity index (χ3n) is 7.23. The van der Waals surface area contributed by atoms with Gasteiger partial charge in [0.05, 0.1) is 45.1 Å². The highest BCUT2D eigenvalue weighted by Gasteiger charge is 2.42. The van der Waals surface area contributed by atoms with Crippen LogP contribution in [0.4, 0.5) is 4.79 Å². The second-order valence-corrected chi connectivity index (χ2v) is 12.0. The number of hydrogen-bond acceptors (Lipinski definition) is 9. The van der Waals surface area contributed by atoms with Crippen LogP contribution in [0.25, 0.3) is 0 Å². The molecule has 0 aliphatic carbocycles. The van der Waals surface area contributed by atoms with E-state index in [1.807, 2.05) is 11.8 Å². The average Bonchev–Trinajstić information content (AvgIpc) is 3.51. The number of nitrogens with zero attached hydrogens (tertiary/aromatic N) is 1. The van der Waals surface area contributed by atoms with Crippen LogP contribution in [-0.2, 0) is 28.6 Å². The fraction of sp³-hybridized carbons (Fsp3) is 0.862. The van der Waals surface area contributed by atoms with Gasteiger partial charge in [-0.3, -0.25) is 9.59 Å². The van der Waals surface area contributed by atoms with Gasteiger partial charge in [0.15, 0.2) is 5.78 Å². The maximum Gasteiger partial charge on any atom is 0.315 e. The highest BCUT2D eigenvalue weighted by molar-refractivity contribution is 8.00. The highest BCUT2D eigenvalue weighted by atomic mass is 32.2. The molecule has 0 aromatic rings. The van der Waals surface area contributed by atoms with Crippen molar-refractivity contribution in [1.82, 2.24) is 20.9 Å². The summed E-state index contributed by atoms with van der Waals surface area (Å²) >= 11 is 1.89. The van der Waals surface area contributed by atoms with Crippen LogP contribution in [0, 0.1) is 0 Å². The second-order valence-electron chi connectivity index (χ2n) is 10.7. The number of fused-ring (bicyclic) bond motifs is 1. The number of carbonyl (C=O) groups excluding carboxylic acids is 4. The molecule has 3 N–H and O–H groups in total. The first-order valence-corrected chi connectivity index (χ1v) is 16.4. The van der Waals surface area contributed by atoms with Gasteiger partial charge >= 0.3 is 6.03 Å². The number of ketones is 1. The maximum absolute atomic E-state index is 12.4. The lowest BCUT2D eigenvalue weighted by atomic mass is 10.0. The van der Waals surface area contributed by atoms with Crippen molar-refractivity contribution in [1.29, 1.82) is 0 Å². The minimum Gasteiger partial charge on any atom is -0.379 e. The largest absolute Gasteiger partial charge is 0.379 e. The van der Waals surface area contributed by atoms with Gasteiger partial charge in [0.2, 0.25) is 5.91 Å². The standard InChI is InChI=1S/C29H52N4O7S/c1-33(27(36)12-5-4-11-26-28-25(23-41-26)31-29(37)32-28)22-24(35)10-3-2-7-16-38-18-20-40-21-19-39-17-8-6-13-30-14-9-15-34/h15,25-26,28,30H,2-14,16-23H2,1H3,(H2,31,32,37)/t25-,26-,28-/m0/s1. The van der Waals surface area contributed by atoms with E-state index in [2.05, 4.69) is 16.0 Å². The van der Waals surface area contributed by atoms with Crippen molar-refractivity contribution in [2.45, 2.75) is 88.0 Å². The monoisotopic (exact) mass is 600 g/mol. The predicted octanol–water partition coefficient (Wildman–Crippen LogP) is 2.31. The number of ether oxygens (including phenoxy) is 3. The first kappa shape index (κ1) is 35.5. The minimum atomic E-state index is -0.0695. The Morgan fingerprint density at radius 1 is 0.902 bits per heavy atom. The number of hydrogen-bond donors (Lipinski definition) is 3. The predicted molar refractivity (Wildman–Crippen MR) is 160 cm³/mol. The zero-order chi connectivity index (χ0) is 29.5. The lowest BCUT2D eigenvalue weighted by Crippen LogP contribution is -2.36. The summed E-state index contributed by atoms with van der Waals surface area (Å²) in [6, 6.07) is 0.368. The Kier molecular flexibility index (Phi) is 19.7. The molecule has 0 bridgehead atoms. The maximum atomic E-state index is 12.4. The quantitative estimate of drug-likeness (QED) is 0.0737. The molecule has 0 aromatic carbocycles. The lowest BCUT2D eigenvalue weighted by molar-refractivity contribution is -0.134. The molecule has 0 unspecified atom stereocenters. The third-order valence-corrected chi connectivity index (χ3v) is 8.73. The fourth-order valence-electron chi connectivity index (χ4n) is 4.87. The molecule has 3 amide bonds. The van der Waals surface area contributed by atoms with Gasteiger partial charge in [-0.15, -0.1) is 0 Å². The van der Waals surface area contributed by atoms with Crippen molar-refractivity contribution >= 4 is 35.8 Å². The number of likely N-dealkylation sites (N-methyl/N-ethyl adjacent to an activating group) is 1. The number of thioether (sulfide) groups is 1. The van der Waals surface area contributed by atoms with E-state index in [-0.39, 0.29) is 36.3 Å². The Labute approximate surface area is 249 Å². The third kappa shape index (κ3) is 16.5. The van der Waals surface area contributed by atoms with Gasteiger partial charge in [0.1, 0.15) is 6.29 Å². The molecule has 236 valence electrons. The van der Waals surface area contributed by atoms with Gasteiger partial charge in [-0.05, 0) is 45.1 Å². The van der Waals surface area contributed by atoms with E-state index in [1.54, 1.807) is 11.9 Å². The van der Waals surface area contributed by atoms with Crippen molar-refractivity contribution in [3.05, 3.63) is 0 Å². The number of Topliss-reactive ketones (excluding diaryl/α,β-unsaturated/α-hetero) is 1. The van der Waals surface area contributed by atoms with Gasteiger partial charge < -0.3 is 39.9 Å². The molecule has 2 fully saturated rings. The fourth-order valence-corrected chi connectivity index (χ4v) is 6.42. The van der Waals surface area contributed by atoms with Gasteiger partial charge in [0, 0.05) is 57.1 Å². The van der Waals surface area contributed by atoms with Crippen LogP contribution in [0.15, 0.2) is 0 Å². The summed E-state index contributed by atoms with van der Waals surface area (Å²) in [5.41, 5.74) is 0. The Bertz CT molecular complexity index is 761. The molecule has 0 aromatic heterocycles. The summed E-state index contributed by atoms with van der Waals surface area (Å²) in [6.45, 7) is 5.41. The molecular weight excluding hydrogens is 548 g/mol. The van der Waals surface area contributed by atoms with E-state index in [0.717, 1.165) is 76.5 Å². The SMILES string of the molecule is CN(CC(=O)CCCCCOCCOCCOCCCCNCCC=O)C(=O)CCCC[C@@H]1SC[C@@H]2NC(=O)N[C@@H]21. The van der Waals surface area contributed by atoms with E-state index in [1.165, 1.54) is 0 Å². The van der Waals surface area contributed by atoms with Gasteiger partial charge in [-0.2, -0.15) is 11.8 Å². The zero-order valence-corrected chi connectivity index (χ0v) is 25.7. The van der Waals surface area contributed by atoms with Gasteiger partial charge in [0.25, 0.3) is 0 Å². The molecule has 2 aliphatic heterocycles. The van der Waals surface area contributed by atoms with Crippen LogP contribution >= 0.6 is 11.8 Å².